The normalized spacial score (nSPS) is 25.2. The second-order valence-electron chi connectivity index (χ2n) is 4.65. The van der Waals surface area contributed by atoms with E-state index in [4.69, 9.17) is 0 Å². The van der Waals surface area contributed by atoms with Gasteiger partial charge < -0.3 is 10.4 Å². The van der Waals surface area contributed by atoms with E-state index in [0.29, 0.717) is 5.69 Å². The third-order valence-electron chi connectivity index (χ3n) is 3.10. The number of nitrogens with zero attached hydrogens (tertiary/aromatic N) is 1. The lowest BCUT2D eigenvalue weighted by atomic mass is 10.1. The molecular formula is C11H14N2O5S. The van der Waals surface area contributed by atoms with Gasteiger partial charge in [-0.05, 0) is 12.5 Å². The molecule has 2 atom stereocenters. The smallest absolute Gasteiger partial charge is 0.271 e. The van der Waals surface area contributed by atoms with Crippen molar-refractivity contribution in [3.8, 4) is 0 Å². The molecule has 0 aliphatic carbocycles. The van der Waals surface area contributed by atoms with Gasteiger partial charge in [-0.3, -0.25) is 10.1 Å². The number of nitro benzene ring substituents is 1. The highest BCUT2D eigenvalue weighted by molar-refractivity contribution is 7.91. The van der Waals surface area contributed by atoms with Crippen LogP contribution in [-0.2, 0) is 9.84 Å². The Hall–Kier alpha value is -1.67. The summed E-state index contributed by atoms with van der Waals surface area (Å²) in [6.07, 6.45) is -0.997. The molecule has 1 aliphatic heterocycles. The molecule has 1 heterocycles. The minimum absolute atomic E-state index is 0.0801. The van der Waals surface area contributed by atoms with Gasteiger partial charge >= 0.3 is 0 Å². The molecular weight excluding hydrogens is 272 g/mol. The van der Waals surface area contributed by atoms with Crippen molar-refractivity contribution in [1.29, 1.82) is 0 Å². The van der Waals surface area contributed by atoms with Crippen LogP contribution in [0.1, 0.15) is 5.56 Å². The van der Waals surface area contributed by atoms with Crippen molar-refractivity contribution in [2.75, 3.05) is 16.8 Å². The van der Waals surface area contributed by atoms with E-state index >= 15 is 0 Å². The highest BCUT2D eigenvalue weighted by Gasteiger charge is 2.36. The number of nitrogens with one attached hydrogen (secondary N) is 1. The van der Waals surface area contributed by atoms with E-state index in [1.807, 2.05) is 0 Å². The van der Waals surface area contributed by atoms with Crippen LogP contribution in [0.25, 0.3) is 0 Å². The number of rotatable bonds is 3. The number of aliphatic hydroxyl groups is 1. The number of anilines is 1. The summed E-state index contributed by atoms with van der Waals surface area (Å²) in [5, 5.41) is 23.3. The van der Waals surface area contributed by atoms with Crippen molar-refractivity contribution in [2.24, 2.45) is 0 Å². The first-order valence-corrected chi connectivity index (χ1v) is 7.51. The zero-order valence-corrected chi connectivity index (χ0v) is 11.1. The molecule has 2 rings (SSSR count). The maximum absolute atomic E-state index is 11.4. The van der Waals surface area contributed by atoms with Crippen molar-refractivity contribution in [3.05, 3.63) is 33.9 Å². The molecule has 8 heteroatoms. The van der Waals surface area contributed by atoms with Crippen LogP contribution in [0.2, 0.25) is 0 Å². The summed E-state index contributed by atoms with van der Waals surface area (Å²) < 4.78 is 22.8. The van der Waals surface area contributed by atoms with E-state index in [1.54, 1.807) is 13.0 Å². The summed E-state index contributed by atoms with van der Waals surface area (Å²) in [6, 6.07) is 3.66. The van der Waals surface area contributed by atoms with Gasteiger partial charge in [0.1, 0.15) is 0 Å². The van der Waals surface area contributed by atoms with Gasteiger partial charge in [0.05, 0.1) is 28.6 Å². The number of nitro groups is 1. The predicted octanol–water partition coefficient (Wildman–Crippen LogP) is 0.473. The third kappa shape index (κ3) is 3.02. The standard InChI is InChI=1S/C11H14N2O5S/c1-7-2-3-8(13(15)16)4-9(7)12-10-5-19(17,18)6-11(10)14/h2-4,10-12,14H,5-6H2,1H3/t10-,11+/m1/s1. The van der Waals surface area contributed by atoms with Crippen molar-refractivity contribution in [3.63, 3.8) is 0 Å². The molecule has 1 saturated heterocycles. The van der Waals surface area contributed by atoms with E-state index in [-0.39, 0.29) is 17.2 Å². The molecule has 1 aromatic carbocycles. The second-order valence-corrected chi connectivity index (χ2v) is 6.81. The van der Waals surface area contributed by atoms with Crippen LogP contribution in [0.15, 0.2) is 18.2 Å². The minimum Gasteiger partial charge on any atom is -0.390 e. The third-order valence-corrected chi connectivity index (χ3v) is 4.81. The molecule has 1 aliphatic rings. The van der Waals surface area contributed by atoms with Crippen LogP contribution in [0, 0.1) is 17.0 Å². The van der Waals surface area contributed by atoms with Gasteiger partial charge in [-0.25, -0.2) is 8.42 Å². The van der Waals surface area contributed by atoms with Gasteiger partial charge in [-0.1, -0.05) is 6.07 Å². The molecule has 0 radical (unpaired) electrons. The molecule has 7 nitrogen and oxygen atoms in total. The largest absolute Gasteiger partial charge is 0.390 e. The van der Waals surface area contributed by atoms with Crippen molar-refractivity contribution < 1.29 is 18.4 Å². The second kappa shape index (κ2) is 4.78. The van der Waals surface area contributed by atoms with E-state index in [9.17, 15) is 23.6 Å². The first-order valence-electron chi connectivity index (χ1n) is 5.68. The summed E-state index contributed by atoms with van der Waals surface area (Å²) in [5.41, 5.74) is 1.14. The van der Waals surface area contributed by atoms with E-state index in [0.717, 1.165) is 5.56 Å². The lowest BCUT2D eigenvalue weighted by molar-refractivity contribution is -0.384. The number of benzene rings is 1. The Morgan fingerprint density at radius 3 is 2.63 bits per heavy atom. The number of sulfone groups is 1. The summed E-state index contributed by atoms with van der Waals surface area (Å²) in [5.74, 6) is -0.449. The first kappa shape index (κ1) is 13.8. The molecule has 0 unspecified atom stereocenters. The summed E-state index contributed by atoms with van der Waals surface area (Å²) in [7, 11) is -3.25. The van der Waals surface area contributed by atoms with E-state index in [2.05, 4.69) is 5.32 Å². The van der Waals surface area contributed by atoms with Crippen LogP contribution >= 0.6 is 0 Å². The average Bonchev–Trinajstić information content (AvgIpc) is 2.54. The SMILES string of the molecule is Cc1ccc([N+](=O)[O-])cc1N[C@@H]1CS(=O)(=O)C[C@@H]1O. The molecule has 0 saturated carbocycles. The molecule has 0 bridgehead atoms. The monoisotopic (exact) mass is 286 g/mol. The lowest BCUT2D eigenvalue weighted by Gasteiger charge is -2.17. The topological polar surface area (TPSA) is 110 Å². The Labute approximate surface area is 110 Å². The Balaban J connectivity index is 2.24. The Morgan fingerprint density at radius 2 is 2.11 bits per heavy atom. The van der Waals surface area contributed by atoms with Crippen LogP contribution in [-0.4, -0.2) is 42.1 Å². The average molecular weight is 286 g/mol. The fourth-order valence-corrected chi connectivity index (χ4v) is 3.79. The molecule has 2 N–H and O–H groups in total. The molecule has 104 valence electrons. The summed E-state index contributed by atoms with van der Waals surface area (Å²) >= 11 is 0. The molecule has 19 heavy (non-hydrogen) atoms. The van der Waals surface area contributed by atoms with Gasteiger partial charge in [0, 0.05) is 17.8 Å². The molecule has 1 aromatic rings. The molecule has 1 fully saturated rings. The maximum atomic E-state index is 11.4. The van der Waals surface area contributed by atoms with Gasteiger partial charge in [0.25, 0.3) is 5.69 Å². The molecule has 0 amide bonds. The van der Waals surface area contributed by atoms with Gasteiger partial charge in [-0.2, -0.15) is 0 Å². The maximum Gasteiger partial charge on any atom is 0.271 e. The van der Waals surface area contributed by atoms with E-state index in [1.165, 1.54) is 12.1 Å². The highest BCUT2D eigenvalue weighted by atomic mass is 32.2. The van der Waals surface area contributed by atoms with Crippen LogP contribution in [0.4, 0.5) is 11.4 Å². The summed E-state index contributed by atoms with van der Waals surface area (Å²) in [6.45, 7) is 1.75. The van der Waals surface area contributed by atoms with Crippen LogP contribution in [0.3, 0.4) is 0 Å². The first-order chi connectivity index (χ1) is 8.78. The quantitative estimate of drug-likeness (QED) is 0.617. The number of hydrogen-bond acceptors (Lipinski definition) is 6. The van der Waals surface area contributed by atoms with Gasteiger partial charge in [0.15, 0.2) is 9.84 Å². The zero-order chi connectivity index (χ0) is 14.2. The molecule has 0 aromatic heterocycles. The van der Waals surface area contributed by atoms with E-state index < -0.39 is 26.9 Å². The zero-order valence-electron chi connectivity index (χ0n) is 10.2. The van der Waals surface area contributed by atoms with Gasteiger partial charge in [0.2, 0.25) is 0 Å². The van der Waals surface area contributed by atoms with Crippen molar-refractivity contribution in [2.45, 2.75) is 19.1 Å². The fraction of sp³-hybridized carbons (Fsp3) is 0.455. The van der Waals surface area contributed by atoms with Crippen molar-refractivity contribution >= 4 is 21.2 Å². The Morgan fingerprint density at radius 1 is 1.42 bits per heavy atom. The lowest BCUT2D eigenvalue weighted by Crippen LogP contribution is -2.32. The fourth-order valence-electron chi connectivity index (χ4n) is 2.05. The Kier molecular flexibility index (Phi) is 3.46. The minimum atomic E-state index is -3.25. The number of aliphatic hydroxyl groups excluding tert-OH is 1. The number of non-ortho nitro benzene ring substituents is 1. The highest BCUT2D eigenvalue weighted by Crippen LogP contribution is 2.25. The van der Waals surface area contributed by atoms with Crippen LogP contribution < -0.4 is 5.32 Å². The summed E-state index contributed by atoms with van der Waals surface area (Å²) in [4.78, 5) is 10.2. The Bertz CT molecular complexity index is 614. The predicted molar refractivity (Wildman–Crippen MR) is 69.9 cm³/mol. The van der Waals surface area contributed by atoms with Crippen molar-refractivity contribution in [1.82, 2.24) is 0 Å². The van der Waals surface area contributed by atoms with Gasteiger partial charge in [-0.15, -0.1) is 0 Å². The molecule has 0 spiro atoms. The van der Waals surface area contributed by atoms with Crippen LogP contribution in [0.5, 0.6) is 0 Å². The number of aryl methyl sites for hydroxylation is 1. The number of hydrogen-bond donors (Lipinski definition) is 2.